The zero-order chi connectivity index (χ0) is 15.2. The van der Waals surface area contributed by atoms with E-state index in [2.05, 4.69) is 53.3 Å². The van der Waals surface area contributed by atoms with Crippen LogP contribution in [0.1, 0.15) is 25.0 Å². The molecule has 4 heteroatoms. The highest BCUT2D eigenvalue weighted by molar-refractivity contribution is 9.10. The van der Waals surface area contributed by atoms with Crippen LogP contribution in [0.3, 0.4) is 0 Å². The summed E-state index contributed by atoms with van der Waals surface area (Å²) >= 11 is 9.69. The van der Waals surface area contributed by atoms with Crippen LogP contribution in [0.2, 0.25) is 5.02 Å². The molecule has 2 nitrogen and oxygen atoms in total. The molecule has 0 aliphatic carbocycles. The Morgan fingerprint density at radius 2 is 1.95 bits per heavy atom. The van der Waals surface area contributed by atoms with Gasteiger partial charge in [0.2, 0.25) is 0 Å². The highest BCUT2D eigenvalue weighted by Crippen LogP contribution is 2.26. The molecule has 0 bridgehead atoms. The van der Waals surface area contributed by atoms with E-state index < -0.39 is 0 Å². The van der Waals surface area contributed by atoms with Gasteiger partial charge in [0.05, 0.1) is 5.02 Å². The van der Waals surface area contributed by atoms with Gasteiger partial charge in [-0.2, -0.15) is 0 Å². The Hall–Kier alpha value is -1.03. The third-order valence-electron chi connectivity index (χ3n) is 3.05. The van der Waals surface area contributed by atoms with Gasteiger partial charge in [-0.3, -0.25) is 0 Å². The predicted molar refractivity (Wildman–Crippen MR) is 91.9 cm³/mol. The zero-order valence-electron chi connectivity index (χ0n) is 12.2. The topological polar surface area (TPSA) is 21.3 Å². The van der Waals surface area contributed by atoms with Crippen molar-refractivity contribution < 1.29 is 4.74 Å². The first-order chi connectivity index (χ1) is 10.1. The maximum absolute atomic E-state index is 6.08. The lowest BCUT2D eigenvalue weighted by atomic mass is 10.1. The quantitative estimate of drug-likeness (QED) is 0.758. The summed E-state index contributed by atoms with van der Waals surface area (Å²) in [5.74, 6) is 0.705. The largest absolute Gasteiger partial charge is 0.487 e. The van der Waals surface area contributed by atoms with Crippen LogP contribution < -0.4 is 10.1 Å². The Kier molecular flexibility index (Phi) is 6.09. The molecule has 21 heavy (non-hydrogen) atoms. The molecular weight excluding hydrogens is 350 g/mol. The van der Waals surface area contributed by atoms with E-state index in [0.29, 0.717) is 23.4 Å². The number of halogens is 2. The minimum atomic E-state index is 0.479. The molecule has 0 aliphatic rings. The van der Waals surface area contributed by atoms with E-state index in [0.717, 1.165) is 16.6 Å². The normalized spacial score (nSPS) is 10.9. The van der Waals surface area contributed by atoms with Gasteiger partial charge in [-0.05, 0) is 23.8 Å². The van der Waals surface area contributed by atoms with Crippen LogP contribution in [-0.2, 0) is 13.2 Å². The number of hydrogen-bond acceptors (Lipinski definition) is 2. The molecule has 0 spiro atoms. The van der Waals surface area contributed by atoms with Crippen LogP contribution in [-0.4, -0.2) is 6.04 Å². The van der Waals surface area contributed by atoms with E-state index in [9.17, 15) is 0 Å². The number of hydrogen-bond donors (Lipinski definition) is 1. The average molecular weight is 369 g/mol. The lowest BCUT2D eigenvalue weighted by Gasteiger charge is -2.12. The summed E-state index contributed by atoms with van der Waals surface area (Å²) in [7, 11) is 0. The van der Waals surface area contributed by atoms with E-state index in [4.69, 9.17) is 16.3 Å². The molecule has 0 aromatic heterocycles. The van der Waals surface area contributed by atoms with E-state index in [1.54, 1.807) is 0 Å². The van der Waals surface area contributed by atoms with Gasteiger partial charge in [-0.1, -0.05) is 65.6 Å². The van der Waals surface area contributed by atoms with Crippen LogP contribution in [0, 0.1) is 0 Å². The van der Waals surface area contributed by atoms with Gasteiger partial charge in [0, 0.05) is 22.6 Å². The van der Waals surface area contributed by atoms with E-state index >= 15 is 0 Å². The van der Waals surface area contributed by atoms with Crippen molar-refractivity contribution in [2.45, 2.75) is 33.0 Å². The summed E-state index contributed by atoms with van der Waals surface area (Å²) in [5.41, 5.74) is 2.35. The maximum Gasteiger partial charge on any atom is 0.138 e. The summed E-state index contributed by atoms with van der Waals surface area (Å²) < 4.78 is 6.82. The summed E-state index contributed by atoms with van der Waals surface area (Å²) in [6, 6.07) is 14.3. The van der Waals surface area contributed by atoms with Gasteiger partial charge >= 0.3 is 0 Å². The van der Waals surface area contributed by atoms with Crippen LogP contribution in [0.4, 0.5) is 0 Å². The maximum atomic E-state index is 6.08. The van der Waals surface area contributed by atoms with Crippen molar-refractivity contribution in [1.82, 2.24) is 5.32 Å². The minimum Gasteiger partial charge on any atom is -0.487 e. The standard InChI is InChI=1S/C17H19BrClNO/c1-12(2)20-10-13-7-8-14(15(18)9-13)11-21-17-6-4-3-5-16(17)19/h3-9,12,20H,10-11H2,1-2H3. The summed E-state index contributed by atoms with van der Waals surface area (Å²) in [6.07, 6.45) is 0. The van der Waals surface area contributed by atoms with Crippen molar-refractivity contribution in [3.8, 4) is 5.75 Å². The van der Waals surface area contributed by atoms with Crippen molar-refractivity contribution in [1.29, 1.82) is 0 Å². The van der Waals surface area contributed by atoms with Crippen molar-refractivity contribution in [2.24, 2.45) is 0 Å². The summed E-state index contributed by atoms with van der Waals surface area (Å²) in [4.78, 5) is 0. The zero-order valence-corrected chi connectivity index (χ0v) is 14.5. The second-order valence-electron chi connectivity index (χ2n) is 5.18. The van der Waals surface area contributed by atoms with Crippen molar-refractivity contribution in [3.63, 3.8) is 0 Å². The first kappa shape index (κ1) is 16.3. The molecule has 1 N–H and O–H groups in total. The lowest BCUT2D eigenvalue weighted by molar-refractivity contribution is 0.305. The van der Waals surface area contributed by atoms with Crippen LogP contribution in [0.15, 0.2) is 46.9 Å². The fourth-order valence-corrected chi connectivity index (χ4v) is 2.59. The molecule has 2 aromatic carbocycles. The molecule has 0 unspecified atom stereocenters. The second kappa shape index (κ2) is 7.83. The highest BCUT2D eigenvalue weighted by atomic mass is 79.9. The molecule has 2 rings (SSSR count). The lowest BCUT2D eigenvalue weighted by Crippen LogP contribution is -2.21. The van der Waals surface area contributed by atoms with Gasteiger partial charge in [-0.15, -0.1) is 0 Å². The van der Waals surface area contributed by atoms with Gasteiger partial charge in [0.1, 0.15) is 12.4 Å². The van der Waals surface area contributed by atoms with Crippen LogP contribution >= 0.6 is 27.5 Å². The SMILES string of the molecule is CC(C)NCc1ccc(COc2ccccc2Cl)c(Br)c1. The molecule has 0 amide bonds. The Balaban J connectivity index is 1.99. The molecule has 2 aromatic rings. The van der Waals surface area contributed by atoms with E-state index in [-0.39, 0.29) is 0 Å². The third kappa shape index (κ3) is 5.03. The molecule has 0 saturated heterocycles. The van der Waals surface area contributed by atoms with Gasteiger partial charge in [0.15, 0.2) is 0 Å². The second-order valence-corrected chi connectivity index (χ2v) is 6.44. The van der Waals surface area contributed by atoms with Gasteiger partial charge in [-0.25, -0.2) is 0 Å². The first-order valence-corrected chi connectivity index (χ1v) is 8.11. The first-order valence-electron chi connectivity index (χ1n) is 6.94. The summed E-state index contributed by atoms with van der Waals surface area (Å²) in [6.45, 7) is 5.63. The Morgan fingerprint density at radius 1 is 1.19 bits per heavy atom. The third-order valence-corrected chi connectivity index (χ3v) is 4.10. The van der Waals surface area contributed by atoms with Crippen molar-refractivity contribution >= 4 is 27.5 Å². The minimum absolute atomic E-state index is 0.479. The molecule has 0 fully saturated rings. The smallest absolute Gasteiger partial charge is 0.138 e. The number of benzene rings is 2. The molecule has 0 aliphatic heterocycles. The Bertz CT molecular complexity index is 601. The summed E-state index contributed by atoms with van der Waals surface area (Å²) in [5, 5.41) is 4.04. The van der Waals surface area contributed by atoms with Crippen molar-refractivity contribution in [3.05, 3.63) is 63.1 Å². The number of rotatable bonds is 6. The van der Waals surface area contributed by atoms with Crippen LogP contribution in [0.5, 0.6) is 5.75 Å². The molecule has 0 radical (unpaired) electrons. The molecule has 0 saturated carbocycles. The fraction of sp³-hybridized carbons (Fsp3) is 0.294. The molecular formula is C17H19BrClNO. The molecule has 112 valence electrons. The Morgan fingerprint density at radius 3 is 2.62 bits per heavy atom. The fourth-order valence-electron chi connectivity index (χ4n) is 1.86. The number of nitrogens with one attached hydrogen (secondary N) is 1. The average Bonchev–Trinajstić information content (AvgIpc) is 2.45. The van der Waals surface area contributed by atoms with Gasteiger partial charge < -0.3 is 10.1 Å². The predicted octanol–water partition coefficient (Wildman–Crippen LogP) is 5.18. The number of ether oxygens (including phenoxy) is 1. The highest BCUT2D eigenvalue weighted by Gasteiger charge is 2.05. The molecule has 0 heterocycles. The Labute approximate surface area is 139 Å². The van der Waals surface area contributed by atoms with Crippen LogP contribution in [0.25, 0.3) is 0 Å². The van der Waals surface area contributed by atoms with E-state index in [1.165, 1.54) is 5.56 Å². The van der Waals surface area contributed by atoms with Gasteiger partial charge in [0.25, 0.3) is 0 Å². The monoisotopic (exact) mass is 367 g/mol. The van der Waals surface area contributed by atoms with E-state index in [1.807, 2.05) is 24.3 Å². The molecule has 0 atom stereocenters. The number of para-hydroxylation sites is 1. The van der Waals surface area contributed by atoms with Crippen molar-refractivity contribution in [2.75, 3.05) is 0 Å².